The summed E-state index contributed by atoms with van der Waals surface area (Å²) in [4.78, 5) is 16.2. The van der Waals surface area contributed by atoms with Gasteiger partial charge in [0.15, 0.2) is 5.82 Å². The highest BCUT2D eigenvalue weighted by Gasteiger charge is 2.30. The van der Waals surface area contributed by atoms with Crippen molar-refractivity contribution in [2.24, 2.45) is 5.92 Å². The van der Waals surface area contributed by atoms with Gasteiger partial charge in [0.1, 0.15) is 30.7 Å². The molecule has 0 saturated heterocycles. The smallest absolute Gasteiger partial charge is 0.459 e. The summed E-state index contributed by atoms with van der Waals surface area (Å²) in [5.74, 6) is 0.223. The number of ether oxygens (including phenoxy) is 2. The summed E-state index contributed by atoms with van der Waals surface area (Å²) < 4.78 is 37.9. The number of nitrogen functional groups attached to an aromatic ring is 1. The van der Waals surface area contributed by atoms with Crippen LogP contribution in [-0.4, -0.2) is 53.0 Å². The van der Waals surface area contributed by atoms with Gasteiger partial charge in [0.25, 0.3) is 0 Å². The molecule has 3 aromatic rings. The molecule has 13 heteroatoms. The zero-order valence-corrected chi connectivity index (χ0v) is 25.1. The van der Waals surface area contributed by atoms with Crippen LogP contribution in [0.1, 0.15) is 52.3 Å². The topological polar surface area (TPSA) is 163 Å². The van der Waals surface area contributed by atoms with Gasteiger partial charge < -0.3 is 19.7 Å². The second-order valence-corrected chi connectivity index (χ2v) is 12.7. The molecule has 0 fully saturated rings. The molecular formula is C28H39N6O6P. The van der Waals surface area contributed by atoms with Crippen LogP contribution in [0.2, 0.25) is 0 Å². The fourth-order valence-electron chi connectivity index (χ4n) is 3.79. The predicted octanol–water partition coefficient (Wildman–Crippen LogP) is 4.44. The Kier molecular flexibility index (Phi) is 11.3. The average Bonchev–Trinajstić information content (AvgIpc) is 3.34. The van der Waals surface area contributed by atoms with E-state index in [0.717, 1.165) is 11.3 Å². The summed E-state index contributed by atoms with van der Waals surface area (Å²) >= 11 is 0. The molecule has 0 aliphatic carbocycles. The molecule has 2 unspecified atom stereocenters. The lowest BCUT2D eigenvalue weighted by molar-refractivity contribution is -0.143. The van der Waals surface area contributed by atoms with Crippen LogP contribution in [0.25, 0.3) is 5.52 Å². The first-order valence-corrected chi connectivity index (χ1v) is 15.0. The largest absolute Gasteiger partial charge is 0.464 e. The van der Waals surface area contributed by atoms with E-state index in [2.05, 4.69) is 35.9 Å². The average molecular weight is 587 g/mol. The first-order valence-electron chi connectivity index (χ1n) is 13.4. The van der Waals surface area contributed by atoms with Crippen LogP contribution < -0.4 is 15.3 Å². The number of nitriles is 1. The third kappa shape index (κ3) is 9.83. The van der Waals surface area contributed by atoms with Crippen molar-refractivity contribution in [1.82, 2.24) is 19.7 Å². The molecule has 2 aromatic heterocycles. The van der Waals surface area contributed by atoms with E-state index in [1.165, 1.54) is 6.33 Å². The van der Waals surface area contributed by atoms with E-state index >= 15 is 0 Å². The quantitative estimate of drug-likeness (QED) is 0.191. The zero-order valence-electron chi connectivity index (χ0n) is 24.2. The number of hydrogen-bond acceptors (Lipinski definition) is 10. The number of benzene rings is 1. The third-order valence-corrected chi connectivity index (χ3v) is 7.52. The predicted molar refractivity (Wildman–Crippen MR) is 154 cm³/mol. The lowest BCUT2D eigenvalue weighted by Crippen LogP contribution is -2.29. The van der Waals surface area contributed by atoms with E-state index in [0.29, 0.717) is 29.9 Å². The van der Waals surface area contributed by atoms with Crippen LogP contribution in [0.4, 0.5) is 5.82 Å². The van der Waals surface area contributed by atoms with Crippen molar-refractivity contribution in [3.8, 4) is 11.8 Å². The Morgan fingerprint density at radius 2 is 1.90 bits per heavy atom. The van der Waals surface area contributed by atoms with E-state index < -0.39 is 19.8 Å². The number of nitrogens with one attached hydrogen (secondary N) is 1. The van der Waals surface area contributed by atoms with E-state index in [1.807, 2.05) is 44.2 Å². The Bertz CT molecular complexity index is 1380. The molecule has 1 aromatic carbocycles. The SMILES string of the molecule is CC(C)COC(=O)CNP(=O)(OCC(CCc1ccc2c(N)ncnn12)OCC#N)Oc1ccc(C(C)(C)C)cc1. The highest BCUT2D eigenvalue weighted by molar-refractivity contribution is 7.52. The van der Waals surface area contributed by atoms with Crippen molar-refractivity contribution in [3.05, 3.63) is 54.0 Å². The Hall–Kier alpha value is -3.49. The van der Waals surface area contributed by atoms with Gasteiger partial charge in [-0.05, 0) is 54.0 Å². The monoisotopic (exact) mass is 586 g/mol. The maximum absolute atomic E-state index is 13.8. The second kappa shape index (κ2) is 14.4. The van der Waals surface area contributed by atoms with Crippen LogP contribution in [0, 0.1) is 17.2 Å². The Labute approximate surface area is 240 Å². The van der Waals surface area contributed by atoms with Gasteiger partial charge >= 0.3 is 13.7 Å². The van der Waals surface area contributed by atoms with Crippen LogP contribution in [0.5, 0.6) is 5.75 Å². The number of nitrogens with zero attached hydrogens (tertiary/aromatic N) is 4. The Balaban J connectivity index is 1.72. The van der Waals surface area contributed by atoms with Crippen molar-refractivity contribution in [2.45, 2.75) is 59.0 Å². The van der Waals surface area contributed by atoms with Crippen LogP contribution >= 0.6 is 7.75 Å². The number of nitrogens with two attached hydrogens (primary N) is 1. The summed E-state index contributed by atoms with van der Waals surface area (Å²) in [7, 11) is -4.07. The van der Waals surface area contributed by atoms with Gasteiger partial charge in [-0.2, -0.15) is 10.4 Å². The van der Waals surface area contributed by atoms with Gasteiger partial charge in [0.05, 0.1) is 25.4 Å². The molecule has 0 bridgehead atoms. The molecule has 3 N–H and O–H groups in total. The number of anilines is 1. The Morgan fingerprint density at radius 3 is 2.56 bits per heavy atom. The Morgan fingerprint density at radius 1 is 1.17 bits per heavy atom. The fourth-order valence-corrected chi connectivity index (χ4v) is 5.08. The molecule has 41 heavy (non-hydrogen) atoms. The van der Waals surface area contributed by atoms with Crippen molar-refractivity contribution in [1.29, 1.82) is 5.26 Å². The zero-order chi connectivity index (χ0) is 30.0. The molecule has 0 aliphatic rings. The molecule has 2 atom stereocenters. The van der Waals surface area contributed by atoms with E-state index in [1.54, 1.807) is 16.6 Å². The molecule has 0 amide bonds. The van der Waals surface area contributed by atoms with Crippen LogP contribution in [-0.2, 0) is 35.2 Å². The van der Waals surface area contributed by atoms with E-state index in [9.17, 15) is 9.36 Å². The molecule has 3 rings (SSSR count). The van der Waals surface area contributed by atoms with Gasteiger partial charge in [-0.1, -0.05) is 46.8 Å². The number of rotatable bonds is 15. The second-order valence-electron chi connectivity index (χ2n) is 11.0. The van der Waals surface area contributed by atoms with Crippen molar-refractivity contribution < 1.29 is 27.9 Å². The number of hydrogen-bond donors (Lipinski definition) is 2. The van der Waals surface area contributed by atoms with Crippen LogP contribution in [0.15, 0.2) is 42.7 Å². The van der Waals surface area contributed by atoms with Crippen molar-refractivity contribution >= 4 is 25.1 Å². The summed E-state index contributed by atoms with van der Waals surface area (Å²) in [6.07, 6.45) is 1.67. The molecule has 0 radical (unpaired) electrons. The van der Waals surface area contributed by atoms with Crippen LogP contribution in [0.3, 0.4) is 0 Å². The first kappa shape index (κ1) is 32.0. The normalized spacial score (nSPS) is 14.0. The third-order valence-electron chi connectivity index (χ3n) is 6.04. The number of carbonyl (C=O) groups excluding carboxylic acids is 1. The van der Waals surface area contributed by atoms with E-state index in [-0.39, 0.29) is 37.7 Å². The molecule has 2 heterocycles. The minimum Gasteiger partial charge on any atom is -0.464 e. The number of fused-ring (bicyclic) bond motifs is 1. The number of aromatic nitrogens is 3. The fraction of sp³-hybridized carbons (Fsp3) is 0.500. The van der Waals surface area contributed by atoms with Gasteiger partial charge in [-0.15, -0.1) is 0 Å². The van der Waals surface area contributed by atoms with Gasteiger partial charge in [-0.3, -0.25) is 9.32 Å². The highest BCUT2D eigenvalue weighted by Crippen LogP contribution is 2.44. The molecule has 12 nitrogen and oxygen atoms in total. The van der Waals surface area contributed by atoms with Gasteiger partial charge in [-0.25, -0.2) is 19.2 Å². The summed E-state index contributed by atoms with van der Waals surface area (Å²) in [6.45, 7) is 9.57. The first-order chi connectivity index (χ1) is 19.4. The van der Waals surface area contributed by atoms with Crippen molar-refractivity contribution in [3.63, 3.8) is 0 Å². The standard InChI is InChI=1S/C28H39N6O6P/c1-20(2)17-38-26(35)16-33-41(36,40-23-10-6-21(7-11-23)28(3,4)5)39-18-24(37-15-14-29)12-8-22-9-13-25-27(30)31-19-32-34(22)25/h6-7,9-11,13,19-20,24H,8,12,15-18H2,1-5H3,(H,33,36)(H2,30,31,32). The molecular weight excluding hydrogens is 547 g/mol. The molecule has 0 saturated carbocycles. The lowest BCUT2D eigenvalue weighted by atomic mass is 9.87. The van der Waals surface area contributed by atoms with E-state index in [4.69, 9.17) is 29.5 Å². The molecule has 222 valence electrons. The minimum atomic E-state index is -4.07. The number of aryl methyl sites for hydroxylation is 1. The number of esters is 1. The minimum absolute atomic E-state index is 0.0779. The van der Waals surface area contributed by atoms with Gasteiger partial charge in [0.2, 0.25) is 0 Å². The maximum Gasteiger partial charge on any atom is 0.459 e. The number of carbonyl (C=O) groups is 1. The summed E-state index contributed by atoms with van der Waals surface area (Å²) in [5, 5.41) is 15.9. The van der Waals surface area contributed by atoms with Gasteiger partial charge in [0, 0.05) is 5.69 Å². The maximum atomic E-state index is 13.8. The van der Waals surface area contributed by atoms with Crippen molar-refractivity contribution in [2.75, 3.05) is 32.1 Å². The lowest BCUT2D eigenvalue weighted by Gasteiger charge is -2.24. The highest BCUT2D eigenvalue weighted by atomic mass is 31.2. The molecule has 0 aliphatic heterocycles. The molecule has 0 spiro atoms. The summed E-state index contributed by atoms with van der Waals surface area (Å²) in [6, 6.07) is 12.8. The summed E-state index contributed by atoms with van der Waals surface area (Å²) in [5.41, 5.74) is 8.45.